The predicted octanol–water partition coefficient (Wildman–Crippen LogP) is 4.90. The SMILES string of the molecule is O=C(Nc1ccc(Br)cn1)c1cccc(NC(=O)c2nccc3ccccc23)c1. The molecule has 29 heavy (non-hydrogen) atoms. The van der Waals surface area contributed by atoms with Gasteiger partial charge in [-0.3, -0.25) is 14.6 Å². The number of aromatic nitrogens is 2. The lowest BCUT2D eigenvalue weighted by Gasteiger charge is -2.09. The number of nitrogens with one attached hydrogen (secondary N) is 2. The third-order valence-electron chi connectivity index (χ3n) is 4.24. The second-order valence-corrected chi connectivity index (χ2v) is 7.15. The third kappa shape index (κ3) is 4.30. The standard InChI is InChI=1S/C22H15BrN4O2/c23-16-8-9-19(25-13-16)27-21(28)15-5-3-6-17(12-15)26-22(29)20-18-7-2-1-4-14(18)10-11-24-20/h1-13H,(H,26,29)(H,25,27,28). The summed E-state index contributed by atoms with van der Waals surface area (Å²) in [5, 5.41) is 7.24. The third-order valence-corrected chi connectivity index (χ3v) is 4.71. The van der Waals surface area contributed by atoms with Crippen LogP contribution in [-0.4, -0.2) is 21.8 Å². The maximum Gasteiger partial charge on any atom is 0.274 e. The van der Waals surface area contributed by atoms with Crippen molar-refractivity contribution in [3.05, 3.63) is 94.9 Å². The van der Waals surface area contributed by atoms with Crippen LogP contribution in [0.25, 0.3) is 10.8 Å². The first-order valence-electron chi connectivity index (χ1n) is 8.78. The molecule has 2 heterocycles. The Hall–Kier alpha value is -3.58. The number of amides is 2. The van der Waals surface area contributed by atoms with E-state index < -0.39 is 0 Å². The first-order chi connectivity index (χ1) is 14.1. The van der Waals surface area contributed by atoms with E-state index in [9.17, 15) is 9.59 Å². The van der Waals surface area contributed by atoms with E-state index in [0.29, 0.717) is 22.8 Å². The van der Waals surface area contributed by atoms with Crippen LogP contribution in [0.3, 0.4) is 0 Å². The van der Waals surface area contributed by atoms with Gasteiger partial charge in [0.25, 0.3) is 11.8 Å². The number of benzene rings is 2. The Morgan fingerprint density at radius 3 is 2.52 bits per heavy atom. The molecular weight excluding hydrogens is 432 g/mol. The van der Waals surface area contributed by atoms with Crippen molar-refractivity contribution in [2.45, 2.75) is 0 Å². The van der Waals surface area contributed by atoms with Crippen molar-refractivity contribution in [2.75, 3.05) is 10.6 Å². The number of pyridine rings is 2. The summed E-state index contributed by atoms with van der Waals surface area (Å²) in [5.74, 6) is -0.222. The van der Waals surface area contributed by atoms with Crippen LogP contribution in [0.5, 0.6) is 0 Å². The Morgan fingerprint density at radius 2 is 1.69 bits per heavy atom. The lowest BCUT2D eigenvalue weighted by atomic mass is 10.1. The van der Waals surface area contributed by atoms with Gasteiger partial charge in [-0.05, 0) is 57.7 Å². The van der Waals surface area contributed by atoms with Gasteiger partial charge in [-0.15, -0.1) is 0 Å². The van der Waals surface area contributed by atoms with Crippen LogP contribution in [-0.2, 0) is 0 Å². The van der Waals surface area contributed by atoms with Crippen molar-refractivity contribution in [3.63, 3.8) is 0 Å². The summed E-state index contributed by atoms with van der Waals surface area (Å²) in [6.07, 6.45) is 3.20. The smallest absolute Gasteiger partial charge is 0.274 e. The van der Waals surface area contributed by atoms with E-state index in [2.05, 4.69) is 36.5 Å². The minimum Gasteiger partial charge on any atom is -0.321 e. The molecule has 0 fully saturated rings. The number of carbonyl (C=O) groups is 2. The number of hydrogen-bond acceptors (Lipinski definition) is 4. The maximum absolute atomic E-state index is 12.7. The van der Waals surface area contributed by atoms with E-state index in [1.54, 1.807) is 48.8 Å². The monoisotopic (exact) mass is 446 g/mol. The van der Waals surface area contributed by atoms with Gasteiger partial charge < -0.3 is 10.6 Å². The molecule has 4 aromatic rings. The molecule has 7 heteroatoms. The molecule has 2 aromatic heterocycles. The molecule has 0 saturated heterocycles. The van der Waals surface area contributed by atoms with Gasteiger partial charge in [0.2, 0.25) is 0 Å². The van der Waals surface area contributed by atoms with Crippen molar-refractivity contribution < 1.29 is 9.59 Å². The molecule has 0 aliphatic rings. The molecule has 0 radical (unpaired) electrons. The predicted molar refractivity (Wildman–Crippen MR) is 116 cm³/mol. The molecule has 0 unspecified atom stereocenters. The van der Waals surface area contributed by atoms with Crippen molar-refractivity contribution in [2.24, 2.45) is 0 Å². The Bertz CT molecular complexity index is 1200. The number of nitrogens with zero attached hydrogens (tertiary/aromatic N) is 2. The largest absolute Gasteiger partial charge is 0.321 e. The highest BCUT2D eigenvalue weighted by molar-refractivity contribution is 9.10. The number of hydrogen-bond donors (Lipinski definition) is 2. The average molecular weight is 447 g/mol. The number of fused-ring (bicyclic) bond motifs is 1. The van der Waals surface area contributed by atoms with E-state index in [-0.39, 0.29) is 11.8 Å². The van der Waals surface area contributed by atoms with Crippen LogP contribution in [0, 0.1) is 0 Å². The molecule has 6 nitrogen and oxygen atoms in total. The first-order valence-corrected chi connectivity index (χ1v) is 9.57. The van der Waals surface area contributed by atoms with E-state index in [4.69, 9.17) is 0 Å². The molecule has 2 aromatic carbocycles. The van der Waals surface area contributed by atoms with Crippen LogP contribution in [0.15, 0.2) is 83.6 Å². The van der Waals surface area contributed by atoms with Gasteiger partial charge in [-0.2, -0.15) is 0 Å². The quantitative estimate of drug-likeness (QED) is 0.466. The maximum atomic E-state index is 12.7. The van der Waals surface area contributed by atoms with Crippen molar-refractivity contribution in [1.29, 1.82) is 0 Å². The number of halogens is 1. The zero-order valence-electron chi connectivity index (χ0n) is 15.1. The molecule has 0 spiro atoms. The fraction of sp³-hybridized carbons (Fsp3) is 0. The molecule has 2 amide bonds. The molecule has 0 saturated carbocycles. The molecular formula is C22H15BrN4O2. The molecule has 4 rings (SSSR count). The highest BCUT2D eigenvalue weighted by atomic mass is 79.9. The van der Waals surface area contributed by atoms with E-state index >= 15 is 0 Å². The lowest BCUT2D eigenvalue weighted by Crippen LogP contribution is -2.16. The van der Waals surface area contributed by atoms with Crippen LogP contribution in [0.1, 0.15) is 20.8 Å². The average Bonchev–Trinajstić information content (AvgIpc) is 2.75. The summed E-state index contributed by atoms with van der Waals surface area (Å²) in [4.78, 5) is 33.6. The van der Waals surface area contributed by atoms with Gasteiger partial charge in [0.15, 0.2) is 0 Å². The second kappa shape index (κ2) is 8.20. The zero-order valence-corrected chi connectivity index (χ0v) is 16.7. The summed E-state index contributed by atoms with van der Waals surface area (Å²) in [6.45, 7) is 0. The van der Waals surface area contributed by atoms with Crippen molar-refractivity contribution in [3.8, 4) is 0 Å². The summed E-state index contributed by atoms with van der Waals surface area (Å²) in [6, 6.07) is 19.6. The Kier molecular flexibility index (Phi) is 5.31. The summed E-state index contributed by atoms with van der Waals surface area (Å²) in [5.41, 5.74) is 1.23. The summed E-state index contributed by atoms with van der Waals surface area (Å²) >= 11 is 3.30. The number of carbonyl (C=O) groups excluding carboxylic acids is 2. The summed E-state index contributed by atoms with van der Waals surface area (Å²) < 4.78 is 0.822. The minimum atomic E-state index is -0.339. The van der Waals surface area contributed by atoms with Gasteiger partial charge >= 0.3 is 0 Å². The molecule has 142 valence electrons. The normalized spacial score (nSPS) is 10.5. The molecule has 0 bridgehead atoms. The lowest BCUT2D eigenvalue weighted by molar-refractivity contribution is 0.101. The van der Waals surface area contributed by atoms with Crippen LogP contribution < -0.4 is 10.6 Å². The molecule has 0 aliphatic carbocycles. The molecule has 0 atom stereocenters. The van der Waals surface area contributed by atoms with Gasteiger partial charge in [-0.1, -0.05) is 30.3 Å². The molecule has 0 aliphatic heterocycles. The van der Waals surface area contributed by atoms with Crippen LogP contribution in [0.2, 0.25) is 0 Å². The Labute approximate surface area is 175 Å². The highest BCUT2D eigenvalue weighted by Gasteiger charge is 2.13. The van der Waals surface area contributed by atoms with Gasteiger partial charge in [0, 0.05) is 33.5 Å². The number of rotatable bonds is 4. The van der Waals surface area contributed by atoms with Gasteiger partial charge in [-0.25, -0.2) is 4.98 Å². The van der Waals surface area contributed by atoms with E-state index in [1.165, 1.54) is 0 Å². The van der Waals surface area contributed by atoms with Crippen molar-refractivity contribution in [1.82, 2.24) is 9.97 Å². The van der Waals surface area contributed by atoms with Crippen LogP contribution in [0.4, 0.5) is 11.5 Å². The summed E-state index contributed by atoms with van der Waals surface area (Å²) in [7, 11) is 0. The molecule has 2 N–H and O–H groups in total. The zero-order chi connectivity index (χ0) is 20.2. The van der Waals surface area contributed by atoms with Crippen molar-refractivity contribution >= 4 is 50.0 Å². The minimum absolute atomic E-state index is 0.320. The van der Waals surface area contributed by atoms with Crippen LogP contribution >= 0.6 is 15.9 Å². The highest BCUT2D eigenvalue weighted by Crippen LogP contribution is 2.19. The Balaban J connectivity index is 1.53. The van der Waals surface area contributed by atoms with E-state index in [1.807, 2.05) is 30.3 Å². The topological polar surface area (TPSA) is 84.0 Å². The van der Waals surface area contributed by atoms with Gasteiger partial charge in [0.1, 0.15) is 11.5 Å². The number of anilines is 2. The van der Waals surface area contributed by atoms with Gasteiger partial charge in [0.05, 0.1) is 0 Å². The Morgan fingerprint density at radius 1 is 0.828 bits per heavy atom. The fourth-order valence-corrected chi connectivity index (χ4v) is 3.10. The fourth-order valence-electron chi connectivity index (χ4n) is 2.87. The first kappa shape index (κ1) is 18.8. The van der Waals surface area contributed by atoms with E-state index in [0.717, 1.165) is 15.2 Å². The second-order valence-electron chi connectivity index (χ2n) is 6.23.